The van der Waals surface area contributed by atoms with Crippen LogP contribution in [0.1, 0.15) is 17.4 Å². The molecule has 2 aromatic heterocycles. The number of nitrogens with zero attached hydrogens (tertiary/aromatic N) is 5. The van der Waals surface area contributed by atoms with E-state index in [0.29, 0.717) is 11.5 Å². The Labute approximate surface area is 117 Å². The molecule has 2 aromatic rings. The number of imidazole rings is 1. The molecule has 0 aliphatic carbocycles. The van der Waals surface area contributed by atoms with E-state index in [1.165, 1.54) is 4.90 Å². The largest absolute Gasteiger partial charge is 0.364 e. The van der Waals surface area contributed by atoms with E-state index in [2.05, 4.69) is 20.5 Å². The minimum atomic E-state index is -0.157. The highest BCUT2D eigenvalue weighted by Crippen LogP contribution is 2.06. The number of anilines is 1. The van der Waals surface area contributed by atoms with Crippen LogP contribution in [0, 0.1) is 0 Å². The summed E-state index contributed by atoms with van der Waals surface area (Å²) in [5.41, 5.74) is 0.336. The van der Waals surface area contributed by atoms with Crippen LogP contribution in [0.25, 0.3) is 0 Å². The van der Waals surface area contributed by atoms with Gasteiger partial charge in [-0.25, -0.2) is 4.98 Å². The maximum atomic E-state index is 11.7. The summed E-state index contributed by atoms with van der Waals surface area (Å²) in [5.74, 6) is 0.489. The first-order chi connectivity index (χ1) is 9.56. The van der Waals surface area contributed by atoms with Gasteiger partial charge in [-0.15, -0.1) is 10.2 Å². The summed E-state index contributed by atoms with van der Waals surface area (Å²) in [5, 5.41) is 11.2. The minimum absolute atomic E-state index is 0.157. The van der Waals surface area contributed by atoms with Crippen molar-refractivity contribution in [3.8, 4) is 0 Å². The van der Waals surface area contributed by atoms with Crippen molar-refractivity contribution in [2.24, 2.45) is 0 Å². The van der Waals surface area contributed by atoms with Crippen molar-refractivity contribution in [1.82, 2.24) is 24.6 Å². The molecule has 0 radical (unpaired) electrons. The van der Waals surface area contributed by atoms with Crippen LogP contribution in [-0.4, -0.2) is 50.7 Å². The summed E-state index contributed by atoms with van der Waals surface area (Å²) in [6.07, 6.45) is 5.42. The number of amides is 1. The summed E-state index contributed by atoms with van der Waals surface area (Å²) in [7, 11) is 3.37. The van der Waals surface area contributed by atoms with E-state index in [1.807, 2.05) is 17.7 Å². The monoisotopic (exact) mass is 274 g/mol. The first-order valence-corrected chi connectivity index (χ1v) is 6.34. The molecule has 0 aliphatic heterocycles. The summed E-state index contributed by atoms with van der Waals surface area (Å²) in [6, 6.07) is 3.60. The lowest BCUT2D eigenvalue weighted by atomic mass is 10.3. The Balaban J connectivity index is 1.95. The molecule has 0 saturated heterocycles. The number of rotatable bonds is 5. The second kappa shape index (κ2) is 6.14. The van der Waals surface area contributed by atoms with Crippen molar-refractivity contribution < 1.29 is 4.79 Å². The fraction of sp³-hybridized carbons (Fsp3) is 0.385. The van der Waals surface area contributed by atoms with Gasteiger partial charge in [-0.3, -0.25) is 4.79 Å². The van der Waals surface area contributed by atoms with Crippen molar-refractivity contribution >= 4 is 11.7 Å². The molecule has 0 aliphatic rings. The zero-order valence-electron chi connectivity index (χ0n) is 11.8. The molecule has 2 rings (SSSR count). The number of nitrogens with one attached hydrogen (secondary N) is 1. The molecule has 7 nitrogen and oxygen atoms in total. The van der Waals surface area contributed by atoms with Gasteiger partial charge in [-0.2, -0.15) is 0 Å². The third kappa shape index (κ3) is 3.53. The van der Waals surface area contributed by atoms with Crippen LogP contribution >= 0.6 is 0 Å². The number of carbonyl (C=O) groups is 1. The average molecular weight is 274 g/mol. The Morgan fingerprint density at radius 3 is 2.75 bits per heavy atom. The van der Waals surface area contributed by atoms with Crippen molar-refractivity contribution in [3.63, 3.8) is 0 Å². The van der Waals surface area contributed by atoms with Crippen LogP contribution in [0.3, 0.4) is 0 Å². The van der Waals surface area contributed by atoms with Crippen molar-refractivity contribution in [2.45, 2.75) is 19.5 Å². The fourth-order valence-electron chi connectivity index (χ4n) is 1.76. The van der Waals surface area contributed by atoms with E-state index in [-0.39, 0.29) is 11.9 Å². The topological polar surface area (TPSA) is 75.9 Å². The molecule has 106 valence electrons. The molecule has 7 heteroatoms. The van der Waals surface area contributed by atoms with Crippen molar-refractivity contribution in [1.29, 1.82) is 0 Å². The zero-order chi connectivity index (χ0) is 14.5. The van der Waals surface area contributed by atoms with Gasteiger partial charge >= 0.3 is 0 Å². The predicted molar refractivity (Wildman–Crippen MR) is 75.4 cm³/mol. The van der Waals surface area contributed by atoms with Gasteiger partial charge in [-0.05, 0) is 19.1 Å². The molecule has 0 aromatic carbocycles. The maximum Gasteiger partial charge on any atom is 0.273 e. The fourth-order valence-corrected chi connectivity index (χ4v) is 1.76. The van der Waals surface area contributed by atoms with Crippen LogP contribution in [0.2, 0.25) is 0 Å². The molecule has 1 amide bonds. The van der Waals surface area contributed by atoms with Gasteiger partial charge in [0.1, 0.15) is 5.82 Å². The molecule has 2 heterocycles. The Morgan fingerprint density at radius 1 is 1.40 bits per heavy atom. The van der Waals surface area contributed by atoms with Gasteiger partial charge in [0.05, 0.1) is 6.33 Å². The highest BCUT2D eigenvalue weighted by atomic mass is 16.2. The molecule has 1 atom stereocenters. The summed E-state index contributed by atoms with van der Waals surface area (Å²) >= 11 is 0. The molecule has 0 spiro atoms. The van der Waals surface area contributed by atoms with Gasteiger partial charge in [0.25, 0.3) is 5.91 Å². The van der Waals surface area contributed by atoms with Crippen molar-refractivity contribution in [2.75, 3.05) is 19.4 Å². The summed E-state index contributed by atoms with van der Waals surface area (Å²) < 4.78 is 1.98. The number of carbonyl (C=O) groups excluding carboxylic acids is 1. The van der Waals surface area contributed by atoms with Crippen molar-refractivity contribution in [3.05, 3.63) is 36.5 Å². The summed E-state index contributed by atoms with van der Waals surface area (Å²) in [6.45, 7) is 2.82. The standard InChI is InChI=1S/C13H18N6O/c1-10(8-19-7-6-14-9-19)15-12-5-4-11(16-17-12)13(20)18(2)3/h4-7,9-10H,8H2,1-3H3,(H,15,17). The smallest absolute Gasteiger partial charge is 0.273 e. The van der Waals surface area contributed by atoms with Crippen LogP contribution < -0.4 is 5.32 Å². The lowest BCUT2D eigenvalue weighted by Gasteiger charge is -2.15. The molecule has 0 saturated carbocycles. The Bertz CT molecular complexity index is 549. The van der Waals surface area contributed by atoms with Crippen LogP contribution in [0.15, 0.2) is 30.9 Å². The lowest BCUT2D eigenvalue weighted by molar-refractivity contribution is 0.0821. The number of aromatic nitrogens is 4. The van der Waals surface area contributed by atoms with E-state index < -0.39 is 0 Å². The van der Waals surface area contributed by atoms with E-state index in [1.54, 1.807) is 38.8 Å². The number of hydrogen-bond donors (Lipinski definition) is 1. The molecular weight excluding hydrogens is 256 g/mol. The average Bonchev–Trinajstić information content (AvgIpc) is 2.91. The Kier molecular flexibility index (Phi) is 4.29. The van der Waals surface area contributed by atoms with Crippen LogP contribution in [0.5, 0.6) is 0 Å². The molecule has 1 N–H and O–H groups in total. The minimum Gasteiger partial charge on any atom is -0.364 e. The van der Waals surface area contributed by atoms with Gasteiger partial charge in [0.15, 0.2) is 5.69 Å². The van der Waals surface area contributed by atoms with Crippen LogP contribution in [0.4, 0.5) is 5.82 Å². The molecule has 0 fully saturated rings. The third-order valence-electron chi connectivity index (χ3n) is 2.73. The van der Waals surface area contributed by atoms with Gasteiger partial charge in [-0.1, -0.05) is 0 Å². The normalized spacial score (nSPS) is 11.9. The van der Waals surface area contributed by atoms with E-state index in [0.717, 1.165) is 6.54 Å². The Hall–Kier alpha value is -2.44. The van der Waals surface area contributed by atoms with Gasteiger partial charge in [0, 0.05) is 39.1 Å². The van der Waals surface area contributed by atoms with E-state index >= 15 is 0 Å². The quantitative estimate of drug-likeness (QED) is 0.875. The molecule has 20 heavy (non-hydrogen) atoms. The highest BCUT2D eigenvalue weighted by Gasteiger charge is 2.10. The van der Waals surface area contributed by atoms with E-state index in [9.17, 15) is 4.79 Å². The molecular formula is C13H18N6O. The molecule has 0 bridgehead atoms. The second-order valence-electron chi connectivity index (χ2n) is 4.81. The van der Waals surface area contributed by atoms with E-state index in [4.69, 9.17) is 0 Å². The first kappa shape index (κ1) is 14.0. The van der Waals surface area contributed by atoms with Crippen LogP contribution in [-0.2, 0) is 6.54 Å². The number of hydrogen-bond acceptors (Lipinski definition) is 5. The summed E-state index contributed by atoms with van der Waals surface area (Å²) in [4.78, 5) is 17.1. The maximum absolute atomic E-state index is 11.7. The SMILES string of the molecule is CC(Cn1ccnc1)Nc1ccc(C(=O)N(C)C)nn1. The second-order valence-corrected chi connectivity index (χ2v) is 4.81. The highest BCUT2D eigenvalue weighted by molar-refractivity contribution is 5.91. The lowest BCUT2D eigenvalue weighted by Crippen LogP contribution is -2.24. The predicted octanol–water partition coefficient (Wildman–Crippen LogP) is 0.875. The zero-order valence-corrected chi connectivity index (χ0v) is 11.8. The van der Waals surface area contributed by atoms with Gasteiger partial charge < -0.3 is 14.8 Å². The first-order valence-electron chi connectivity index (χ1n) is 6.34. The third-order valence-corrected chi connectivity index (χ3v) is 2.73. The van der Waals surface area contributed by atoms with Gasteiger partial charge in [0.2, 0.25) is 0 Å². The Morgan fingerprint density at radius 2 is 2.20 bits per heavy atom. The molecule has 1 unspecified atom stereocenters.